The molecule has 21 rings (SSSR count). The Bertz CT molecular complexity index is 7040. The zero-order valence-electron chi connectivity index (χ0n) is 79.3. The average molecular weight is 2880 g/mol. The van der Waals surface area contributed by atoms with Crippen molar-refractivity contribution in [2.24, 2.45) is 0 Å². The van der Waals surface area contributed by atoms with Crippen molar-refractivity contribution in [2.75, 3.05) is 0 Å². The van der Waals surface area contributed by atoms with Gasteiger partial charge in [0.15, 0.2) is 0 Å². The molecular weight excluding hydrogens is 2780 g/mol. The average Bonchev–Trinajstić information content (AvgIpc) is 1.72. The SMILES string of the molecule is Cc1c[c-]c(-c2nccn2-c2c(C)cccc2C)cc1.Cc1cc(-c2ccccc2)cc(C)c1-n1ccnc1-c1[c-]cccc1.Cc1cc(-c2ccncc2)cc(C)c1-n1ccnc1-c1[c-]cccc1.Cc1cccc(C)c1-n1ccnc1-c1[c-]ccc(-c2ccccc2)c1.Cc1cccc(C)c1-n1ccnc1-c1[c-]cccc1.Cc1cccc(C)c1-n1ccnc1-c1[c-]cccc1.[Ir].[Ir].[Ir].[Ir].[Ir].[Ir]. The van der Waals surface area contributed by atoms with E-state index in [4.69, 9.17) is 0 Å². The van der Waals surface area contributed by atoms with E-state index in [2.05, 4.69) is 359 Å². The minimum Gasteiger partial charge on any atom is -0.340 e. The minimum atomic E-state index is 0. The quantitative estimate of drug-likeness (QED) is 0.0938. The molecule has 13 nitrogen and oxygen atoms in total. The summed E-state index contributed by atoms with van der Waals surface area (Å²) < 4.78 is 12.9. The van der Waals surface area contributed by atoms with E-state index in [0.717, 1.165) is 68.3 Å². The Morgan fingerprint density at radius 1 is 0.180 bits per heavy atom. The number of rotatable bonds is 15. The second kappa shape index (κ2) is 51.9. The first-order valence-electron chi connectivity index (χ1n) is 44.5. The molecule has 0 saturated carbocycles. The fraction of sp³-hybridized carbons (Fsp3) is 0.108. The Morgan fingerprint density at radius 2 is 0.424 bits per heavy atom. The van der Waals surface area contributed by atoms with Crippen LogP contribution < -0.4 is 0 Å². The van der Waals surface area contributed by atoms with Gasteiger partial charge in [-0.1, -0.05) is 140 Å². The Balaban J connectivity index is 0.000000171. The molecule has 0 N–H and O–H groups in total. The van der Waals surface area contributed by atoms with Gasteiger partial charge in [-0.15, -0.1) is 214 Å². The number of aryl methyl sites for hydroxylation is 13. The molecule has 14 aromatic carbocycles. The van der Waals surface area contributed by atoms with Gasteiger partial charge in [-0.25, -0.2) is 0 Å². The number of nitrogens with zero attached hydrogens (tertiary/aromatic N) is 13. The van der Waals surface area contributed by atoms with Crippen LogP contribution in [0.3, 0.4) is 0 Å². The number of benzene rings is 14. The predicted molar refractivity (Wildman–Crippen MR) is 543 cm³/mol. The molecule has 0 unspecified atom stereocenters. The Hall–Kier alpha value is -12.6. The molecular formula is C120H103Ir6N13-6. The zero-order chi connectivity index (χ0) is 92.3. The van der Waals surface area contributed by atoms with Crippen LogP contribution in [0, 0.1) is 126 Å². The molecule has 0 aliphatic carbocycles. The maximum absolute atomic E-state index is 4.61. The van der Waals surface area contributed by atoms with Crippen LogP contribution in [0.4, 0.5) is 0 Å². The topological polar surface area (TPSA) is 120 Å². The Labute approximate surface area is 898 Å². The van der Waals surface area contributed by atoms with Crippen molar-refractivity contribution in [3.8, 4) is 136 Å². The Morgan fingerprint density at radius 3 is 0.691 bits per heavy atom. The smallest absolute Gasteiger partial charge is 0.0603 e. The second-order valence-electron chi connectivity index (χ2n) is 32.9. The molecule has 7 aromatic heterocycles. The van der Waals surface area contributed by atoms with E-state index in [1.54, 1.807) is 0 Å². The number of pyridine rings is 1. The van der Waals surface area contributed by atoms with E-state index < -0.39 is 0 Å². The summed E-state index contributed by atoms with van der Waals surface area (Å²) in [6.45, 7) is 27.7. The molecule has 0 saturated heterocycles. The van der Waals surface area contributed by atoms with Crippen LogP contribution in [-0.2, 0) is 121 Å². The van der Waals surface area contributed by atoms with Gasteiger partial charge in [0.25, 0.3) is 0 Å². The van der Waals surface area contributed by atoms with E-state index in [1.807, 2.05) is 220 Å². The predicted octanol–water partition coefficient (Wildman–Crippen LogP) is 28.4. The zero-order valence-corrected chi connectivity index (χ0v) is 93.6. The third-order valence-electron chi connectivity index (χ3n) is 23.3. The second-order valence-corrected chi connectivity index (χ2v) is 32.9. The van der Waals surface area contributed by atoms with Crippen LogP contribution in [0.25, 0.3) is 136 Å². The normalized spacial score (nSPS) is 10.3. The molecule has 139 heavy (non-hydrogen) atoms. The van der Waals surface area contributed by atoms with Gasteiger partial charge in [-0.3, -0.25) is 34.9 Å². The van der Waals surface area contributed by atoms with Crippen LogP contribution in [0.15, 0.2) is 390 Å². The van der Waals surface area contributed by atoms with Crippen molar-refractivity contribution in [1.82, 2.24) is 62.3 Å². The fourth-order valence-corrected chi connectivity index (χ4v) is 17.2. The van der Waals surface area contributed by atoms with Crippen molar-refractivity contribution in [3.63, 3.8) is 0 Å². The number of hydrogen-bond donors (Lipinski definition) is 0. The minimum absolute atomic E-state index is 0. The molecule has 0 bridgehead atoms. The van der Waals surface area contributed by atoms with Crippen LogP contribution in [0.5, 0.6) is 0 Å². The molecule has 19 heteroatoms. The fourth-order valence-electron chi connectivity index (χ4n) is 17.2. The standard InChI is InChI=1S/2C23H19N2.C22H18N3.C18H17N2.2C17H15N2.6Ir/c1-17-15-21(19-9-5-3-6-10-19)16-18(2)22(17)25-14-13-24-23(25)20-11-7-4-8-12-20;1-17-8-6-9-18(2)22(17)25-15-14-24-23(25)21-13-7-12-20(16-21)19-10-4-3-5-11-19;1-16-14-20(18-8-10-23-11-9-18)15-17(2)21(16)25-13-12-24-22(25)19-6-4-3-5-7-19;1-13-7-9-16(10-8-13)18-19-11-12-20(18)17-14(2)5-4-6-15(17)3;2*1-13-7-6-8-14(2)16(13)19-12-11-18-17(19)15-9-4-3-5-10-15;;;;;;/h3-11,13-16H,1-2H3;3-12,14-16H,1-2H3;3-6,8-15H,1-2H3;4-9,11-12H,1-3H3;2*3-9,11-12H,1-2H3;;;;;;/q6*-1;;;;;;. The van der Waals surface area contributed by atoms with Gasteiger partial charge < -0.3 is 27.4 Å². The molecule has 0 amide bonds. The summed E-state index contributed by atoms with van der Waals surface area (Å²) in [6, 6.07) is 123. The number of imidazole rings is 6. The van der Waals surface area contributed by atoms with Gasteiger partial charge in [0.1, 0.15) is 0 Å². The third-order valence-corrected chi connectivity index (χ3v) is 23.3. The van der Waals surface area contributed by atoms with Gasteiger partial charge in [-0.2, -0.15) is 0 Å². The third kappa shape index (κ3) is 25.9. The summed E-state index contributed by atoms with van der Waals surface area (Å²) >= 11 is 0. The first-order valence-corrected chi connectivity index (χ1v) is 44.5. The van der Waals surface area contributed by atoms with E-state index in [-0.39, 0.29) is 121 Å². The van der Waals surface area contributed by atoms with Crippen molar-refractivity contribution >= 4 is 0 Å². The summed E-state index contributed by atoms with van der Waals surface area (Å²) in [5, 5.41) is 0. The number of hydrogen-bond acceptors (Lipinski definition) is 7. The van der Waals surface area contributed by atoms with Gasteiger partial charge in [0.2, 0.25) is 0 Å². The summed E-state index contributed by atoms with van der Waals surface area (Å²) in [5.74, 6) is 5.52. The van der Waals surface area contributed by atoms with E-state index >= 15 is 0 Å². The molecule has 0 aliphatic rings. The first kappa shape index (κ1) is 108. The van der Waals surface area contributed by atoms with Crippen molar-refractivity contribution in [1.29, 1.82) is 0 Å². The molecule has 0 aliphatic heterocycles. The van der Waals surface area contributed by atoms with Gasteiger partial charge in [0.05, 0.1) is 34.9 Å². The van der Waals surface area contributed by atoms with Crippen molar-refractivity contribution in [2.45, 2.75) is 90.0 Å². The summed E-state index contributed by atoms with van der Waals surface area (Å²) in [6.07, 6.45) is 26.8. The number of aromatic nitrogens is 13. The van der Waals surface area contributed by atoms with E-state index in [0.29, 0.717) is 0 Å². The van der Waals surface area contributed by atoms with Crippen LogP contribution >= 0.6 is 0 Å². The molecule has 0 fully saturated rings. The van der Waals surface area contributed by atoms with Crippen LogP contribution in [0.1, 0.15) is 72.3 Å². The summed E-state index contributed by atoms with van der Waals surface area (Å²) in [4.78, 5) is 31.3. The monoisotopic (exact) mass is 2880 g/mol. The van der Waals surface area contributed by atoms with E-state index in [9.17, 15) is 0 Å². The maximum atomic E-state index is 4.61. The van der Waals surface area contributed by atoms with Crippen LogP contribution in [0.2, 0.25) is 0 Å². The summed E-state index contributed by atoms with van der Waals surface area (Å²) in [5.41, 5.74) is 36.4. The van der Waals surface area contributed by atoms with Crippen LogP contribution in [-0.4, -0.2) is 62.3 Å². The number of para-hydroxylation sites is 4. The van der Waals surface area contributed by atoms with Gasteiger partial charge in [0, 0.05) is 242 Å². The molecule has 6 radical (unpaired) electrons. The Kier molecular flexibility index (Phi) is 40.5. The molecule has 708 valence electrons. The molecule has 21 aromatic rings. The summed E-state index contributed by atoms with van der Waals surface area (Å²) in [7, 11) is 0. The van der Waals surface area contributed by atoms with Gasteiger partial charge in [-0.05, 0) is 214 Å². The molecule has 7 heterocycles. The maximum Gasteiger partial charge on any atom is 0.0603 e. The van der Waals surface area contributed by atoms with E-state index in [1.165, 1.54) is 140 Å². The largest absolute Gasteiger partial charge is 0.340 e. The first-order chi connectivity index (χ1) is 64.9. The molecule has 0 atom stereocenters. The van der Waals surface area contributed by atoms with Gasteiger partial charge >= 0.3 is 0 Å². The van der Waals surface area contributed by atoms with Crippen molar-refractivity contribution in [3.05, 3.63) is 499 Å². The van der Waals surface area contributed by atoms with Crippen molar-refractivity contribution < 1.29 is 121 Å². The molecule has 0 spiro atoms.